The van der Waals surface area contributed by atoms with E-state index in [-0.39, 0.29) is 5.82 Å². The average Bonchev–Trinajstić information content (AvgIpc) is 3.23. The van der Waals surface area contributed by atoms with Crippen LogP contribution in [0, 0.1) is 5.82 Å². The van der Waals surface area contributed by atoms with Gasteiger partial charge in [-0.25, -0.2) is 4.39 Å². The Kier molecular flexibility index (Phi) is 4.96. The SMILES string of the molecule is Fc1ccc(-c2cccn3c(-c4ccccc4)c(-c4ccc(C5([AsH2])CCC5)cc4)nc23)cc1. The van der Waals surface area contributed by atoms with E-state index in [0.29, 0.717) is 4.20 Å². The zero-order valence-corrected chi connectivity index (χ0v) is 20.6. The third kappa shape index (κ3) is 3.52. The van der Waals surface area contributed by atoms with Crippen molar-refractivity contribution in [1.82, 2.24) is 9.38 Å². The molecule has 4 heteroatoms. The van der Waals surface area contributed by atoms with E-state index >= 15 is 0 Å². The van der Waals surface area contributed by atoms with Gasteiger partial charge in [0.15, 0.2) is 0 Å². The van der Waals surface area contributed by atoms with Crippen LogP contribution in [0.2, 0.25) is 0 Å². The number of hydrogen-bond acceptors (Lipinski definition) is 1. The number of halogens is 1. The second kappa shape index (κ2) is 8.01. The van der Waals surface area contributed by atoms with E-state index in [4.69, 9.17) is 4.98 Å². The number of aromatic nitrogens is 2. The van der Waals surface area contributed by atoms with Crippen LogP contribution in [0.25, 0.3) is 39.3 Å². The second-order valence-electron chi connectivity index (χ2n) is 8.88. The summed E-state index contributed by atoms with van der Waals surface area (Å²) in [6, 6.07) is 30.2. The predicted molar refractivity (Wildman–Crippen MR) is 136 cm³/mol. The Bertz CT molecular complexity index is 1430. The van der Waals surface area contributed by atoms with E-state index in [2.05, 4.69) is 65.2 Å². The quantitative estimate of drug-likeness (QED) is 0.261. The van der Waals surface area contributed by atoms with Gasteiger partial charge in [0.2, 0.25) is 0 Å². The molecule has 1 unspecified atom stereocenters. The van der Waals surface area contributed by atoms with Gasteiger partial charge in [0.05, 0.1) is 0 Å². The molecule has 0 aliphatic heterocycles. The molecule has 33 heavy (non-hydrogen) atoms. The van der Waals surface area contributed by atoms with Crippen molar-refractivity contribution in [2.45, 2.75) is 23.5 Å². The number of nitrogens with zero attached hydrogens (tertiary/aromatic N) is 2. The van der Waals surface area contributed by atoms with Crippen molar-refractivity contribution < 1.29 is 4.39 Å². The monoisotopic (exact) mass is 494 g/mol. The van der Waals surface area contributed by atoms with E-state index < -0.39 is 0 Å². The van der Waals surface area contributed by atoms with Gasteiger partial charge in [-0.2, -0.15) is 0 Å². The average molecular weight is 494 g/mol. The number of imidazole rings is 1. The van der Waals surface area contributed by atoms with Gasteiger partial charge in [0.1, 0.15) is 5.82 Å². The van der Waals surface area contributed by atoms with Crippen LogP contribution in [0.15, 0.2) is 97.2 Å². The molecule has 1 aliphatic rings. The van der Waals surface area contributed by atoms with Crippen LogP contribution >= 0.6 is 0 Å². The van der Waals surface area contributed by atoms with Crippen LogP contribution in [-0.4, -0.2) is 26.2 Å². The molecule has 0 amide bonds. The topological polar surface area (TPSA) is 17.3 Å². The van der Waals surface area contributed by atoms with Gasteiger partial charge >= 0.3 is 192 Å². The molecule has 3 aromatic carbocycles. The van der Waals surface area contributed by atoms with Crippen LogP contribution in [0.4, 0.5) is 4.39 Å². The molecule has 0 N–H and O–H groups in total. The number of pyridine rings is 1. The molecular weight excluding hydrogens is 470 g/mol. The molecule has 1 aliphatic carbocycles. The first-order chi connectivity index (χ1) is 16.1. The van der Waals surface area contributed by atoms with Gasteiger partial charge in [0, 0.05) is 0 Å². The summed E-state index contributed by atoms with van der Waals surface area (Å²) < 4.78 is 16.1. The molecule has 1 saturated carbocycles. The third-order valence-corrected chi connectivity index (χ3v) is 8.74. The van der Waals surface area contributed by atoms with Crippen molar-refractivity contribution >= 4 is 22.5 Å². The standard InChI is InChI=1S/C29H24AsFN2/c30-29(17-5-18-29)23-13-9-21(10-14-23)26-27(22-6-2-1-3-7-22)33-19-4-8-25(28(33)32-26)20-11-15-24(31)16-12-20/h1-4,6-16,19H,5,17-18,30H2. The summed E-state index contributed by atoms with van der Waals surface area (Å²) in [4.78, 5) is 5.16. The second-order valence-corrected chi connectivity index (χ2v) is 11.2. The Morgan fingerprint density at radius 2 is 1.45 bits per heavy atom. The van der Waals surface area contributed by atoms with Gasteiger partial charge in [0.25, 0.3) is 0 Å². The van der Waals surface area contributed by atoms with Crippen molar-refractivity contribution in [1.29, 1.82) is 0 Å². The minimum absolute atomic E-state index is 0.235. The molecule has 2 aromatic heterocycles. The maximum absolute atomic E-state index is 13.6. The van der Waals surface area contributed by atoms with Crippen molar-refractivity contribution in [3.63, 3.8) is 0 Å². The van der Waals surface area contributed by atoms with Crippen LogP contribution in [0.5, 0.6) is 0 Å². The predicted octanol–water partition coefficient (Wildman–Crippen LogP) is 6.49. The summed E-state index contributed by atoms with van der Waals surface area (Å²) in [5, 5.41) is 0. The summed E-state index contributed by atoms with van der Waals surface area (Å²) in [6.07, 6.45) is 5.97. The summed E-state index contributed by atoms with van der Waals surface area (Å²) >= 11 is 1.84. The number of hydrogen-bond donors (Lipinski definition) is 0. The zero-order chi connectivity index (χ0) is 22.4. The molecule has 0 bridgehead atoms. The van der Waals surface area contributed by atoms with Gasteiger partial charge in [-0.05, 0) is 0 Å². The molecule has 0 saturated heterocycles. The molecule has 1 atom stereocenters. The summed E-state index contributed by atoms with van der Waals surface area (Å²) in [5.41, 5.74) is 8.52. The van der Waals surface area contributed by atoms with Gasteiger partial charge in [-0.15, -0.1) is 0 Å². The first-order valence-electron chi connectivity index (χ1n) is 11.3. The van der Waals surface area contributed by atoms with Crippen LogP contribution in [0.1, 0.15) is 24.8 Å². The molecule has 5 aromatic rings. The summed E-state index contributed by atoms with van der Waals surface area (Å²) in [5.74, 6) is -0.235. The molecular formula is C29H24AsFN2. The van der Waals surface area contributed by atoms with Crippen LogP contribution in [0.3, 0.4) is 0 Å². The Hall–Kier alpha value is -3.16. The Morgan fingerprint density at radius 1 is 0.758 bits per heavy atom. The van der Waals surface area contributed by atoms with E-state index in [1.54, 1.807) is 0 Å². The van der Waals surface area contributed by atoms with Crippen molar-refractivity contribution in [2.75, 3.05) is 0 Å². The van der Waals surface area contributed by atoms with Crippen LogP contribution in [-0.2, 0) is 4.20 Å². The van der Waals surface area contributed by atoms with Gasteiger partial charge in [-0.3, -0.25) is 0 Å². The molecule has 0 spiro atoms. The molecule has 0 radical (unpaired) electrons. The van der Waals surface area contributed by atoms with Gasteiger partial charge < -0.3 is 0 Å². The van der Waals surface area contributed by atoms with E-state index in [1.807, 2.05) is 41.1 Å². The molecule has 1 fully saturated rings. The molecule has 2 nitrogen and oxygen atoms in total. The van der Waals surface area contributed by atoms with Crippen molar-refractivity contribution in [2.24, 2.45) is 0 Å². The Balaban J connectivity index is 1.56. The van der Waals surface area contributed by atoms with Gasteiger partial charge in [-0.1, -0.05) is 0 Å². The Labute approximate surface area is 201 Å². The molecule has 2 heterocycles. The summed E-state index contributed by atoms with van der Waals surface area (Å²) in [6.45, 7) is 0. The number of fused-ring (bicyclic) bond motifs is 1. The van der Waals surface area contributed by atoms with E-state index in [9.17, 15) is 4.39 Å². The number of rotatable bonds is 4. The minimum atomic E-state index is -0.235. The fourth-order valence-corrected chi connectivity index (χ4v) is 6.06. The van der Waals surface area contributed by atoms with Crippen LogP contribution < -0.4 is 0 Å². The maximum atomic E-state index is 13.6. The zero-order valence-electron chi connectivity index (χ0n) is 18.2. The summed E-state index contributed by atoms with van der Waals surface area (Å²) in [7, 11) is 0. The molecule has 6 rings (SSSR count). The van der Waals surface area contributed by atoms with Crippen molar-refractivity contribution in [3.05, 3.63) is 109 Å². The number of benzene rings is 3. The first kappa shape index (κ1) is 20.4. The molecule has 162 valence electrons. The fraction of sp³-hybridized carbons (Fsp3) is 0.138. The fourth-order valence-electron chi connectivity index (χ4n) is 4.80. The first-order valence-corrected chi connectivity index (χ1v) is 12.6. The Morgan fingerprint density at radius 3 is 2.12 bits per heavy atom. The normalized spacial score (nSPS) is 14.8. The van der Waals surface area contributed by atoms with E-state index in [0.717, 1.165) is 39.3 Å². The third-order valence-electron chi connectivity index (χ3n) is 6.83. The van der Waals surface area contributed by atoms with Crippen molar-refractivity contribution in [3.8, 4) is 33.6 Å². The van der Waals surface area contributed by atoms with E-state index in [1.165, 1.54) is 37.0 Å².